The van der Waals surface area contributed by atoms with E-state index in [1.54, 1.807) is 6.07 Å². The summed E-state index contributed by atoms with van der Waals surface area (Å²) < 4.78 is 11.3. The minimum atomic E-state index is -0.661. The van der Waals surface area contributed by atoms with Crippen molar-refractivity contribution in [2.75, 3.05) is 24.6 Å². The Kier molecular flexibility index (Phi) is 4.60. The Bertz CT molecular complexity index is 805. The number of carbonyl (C=O) groups excluding carboxylic acids is 1. The van der Waals surface area contributed by atoms with Crippen LogP contribution in [0.4, 0.5) is 5.95 Å². The fourth-order valence-corrected chi connectivity index (χ4v) is 3.21. The Morgan fingerprint density at radius 1 is 1.23 bits per heavy atom. The summed E-state index contributed by atoms with van der Waals surface area (Å²) in [4.78, 5) is 23.7. The molecule has 4 rings (SSSR count). The van der Waals surface area contributed by atoms with Gasteiger partial charge < -0.3 is 19.7 Å². The second-order valence-corrected chi connectivity index (χ2v) is 6.58. The first-order valence-electron chi connectivity index (χ1n) is 8.95. The number of fused-ring (bicyclic) bond motifs is 1. The summed E-state index contributed by atoms with van der Waals surface area (Å²) in [6.07, 6.45) is 1.68. The molecule has 7 heteroatoms. The van der Waals surface area contributed by atoms with Gasteiger partial charge in [-0.3, -0.25) is 4.79 Å². The molecular formula is C19H22N4O3. The van der Waals surface area contributed by atoms with Crippen molar-refractivity contribution < 1.29 is 14.3 Å². The number of nitrogens with zero attached hydrogens (tertiary/aromatic N) is 3. The molecule has 1 amide bonds. The summed E-state index contributed by atoms with van der Waals surface area (Å²) in [6.45, 7) is 4.46. The number of ether oxygens (including phenoxy) is 2. The summed E-state index contributed by atoms with van der Waals surface area (Å²) >= 11 is 0. The summed E-state index contributed by atoms with van der Waals surface area (Å²) in [5.74, 6) is 1.79. The molecule has 0 spiro atoms. The summed E-state index contributed by atoms with van der Waals surface area (Å²) in [7, 11) is 0. The Balaban J connectivity index is 1.39. The van der Waals surface area contributed by atoms with Crippen LogP contribution in [0.1, 0.15) is 24.2 Å². The van der Waals surface area contributed by atoms with E-state index in [-0.39, 0.29) is 12.5 Å². The van der Waals surface area contributed by atoms with Crippen molar-refractivity contribution in [3.63, 3.8) is 0 Å². The number of amides is 1. The summed E-state index contributed by atoms with van der Waals surface area (Å²) in [6, 6.07) is 9.25. The van der Waals surface area contributed by atoms with Gasteiger partial charge in [-0.05, 0) is 38.0 Å². The third-order valence-corrected chi connectivity index (χ3v) is 4.53. The van der Waals surface area contributed by atoms with Crippen LogP contribution in [0.2, 0.25) is 0 Å². The van der Waals surface area contributed by atoms with Crippen molar-refractivity contribution in [2.45, 2.75) is 32.4 Å². The first-order valence-corrected chi connectivity index (χ1v) is 8.95. The number of hydrogen-bond donors (Lipinski definition) is 1. The Labute approximate surface area is 152 Å². The van der Waals surface area contributed by atoms with Crippen molar-refractivity contribution >= 4 is 11.9 Å². The minimum absolute atomic E-state index is 0.199. The molecule has 26 heavy (non-hydrogen) atoms. The van der Waals surface area contributed by atoms with Gasteiger partial charge in [-0.2, -0.15) is 0 Å². The predicted molar refractivity (Wildman–Crippen MR) is 96.4 cm³/mol. The van der Waals surface area contributed by atoms with Crippen LogP contribution in [0.25, 0.3) is 0 Å². The number of rotatable bonds is 4. The molecule has 1 aromatic carbocycles. The fraction of sp³-hybridized carbons (Fsp3) is 0.421. The molecule has 3 heterocycles. The Hall–Kier alpha value is -2.83. The van der Waals surface area contributed by atoms with E-state index in [9.17, 15) is 4.79 Å². The highest BCUT2D eigenvalue weighted by atomic mass is 16.6. The number of hydrogen-bond acceptors (Lipinski definition) is 6. The van der Waals surface area contributed by atoms with Crippen LogP contribution < -0.4 is 19.7 Å². The lowest BCUT2D eigenvalue weighted by atomic mass is 10.2. The van der Waals surface area contributed by atoms with Crippen molar-refractivity contribution in [3.05, 3.63) is 41.7 Å². The molecule has 0 bridgehead atoms. The summed E-state index contributed by atoms with van der Waals surface area (Å²) in [5, 5.41) is 2.89. The molecule has 1 atom stereocenters. The van der Waals surface area contributed by atoms with Crippen LogP contribution in [0.15, 0.2) is 30.3 Å². The number of anilines is 1. The topological polar surface area (TPSA) is 76.6 Å². The van der Waals surface area contributed by atoms with Crippen LogP contribution in [0, 0.1) is 6.92 Å². The maximum atomic E-state index is 12.4. The van der Waals surface area contributed by atoms with E-state index in [2.05, 4.69) is 20.2 Å². The van der Waals surface area contributed by atoms with E-state index in [1.807, 2.05) is 31.2 Å². The Morgan fingerprint density at radius 2 is 2.00 bits per heavy atom. The quantitative estimate of drug-likeness (QED) is 0.903. The fourth-order valence-electron chi connectivity index (χ4n) is 3.21. The van der Waals surface area contributed by atoms with E-state index in [4.69, 9.17) is 9.47 Å². The molecule has 1 saturated heterocycles. The first kappa shape index (κ1) is 16.6. The van der Waals surface area contributed by atoms with Gasteiger partial charge in [-0.15, -0.1) is 0 Å². The molecule has 1 unspecified atom stereocenters. The highest BCUT2D eigenvalue weighted by Crippen LogP contribution is 2.30. The standard InChI is InChI=1S/C19H22N4O3/c1-13-10-14(22-19(21-13)23-8-4-5-9-23)11-20-18(24)17-12-25-15-6-2-3-7-16(15)26-17/h2-3,6-7,10,17H,4-5,8-9,11-12H2,1H3,(H,20,24). The second kappa shape index (κ2) is 7.19. The van der Waals surface area contributed by atoms with Gasteiger partial charge in [0.15, 0.2) is 11.5 Å². The number of para-hydroxylation sites is 2. The molecule has 2 aromatic rings. The van der Waals surface area contributed by atoms with Crippen LogP contribution in [0.3, 0.4) is 0 Å². The average Bonchev–Trinajstić information content (AvgIpc) is 3.20. The minimum Gasteiger partial charge on any atom is -0.485 e. The third kappa shape index (κ3) is 3.56. The second-order valence-electron chi connectivity index (χ2n) is 6.58. The van der Waals surface area contributed by atoms with Crippen LogP contribution in [0.5, 0.6) is 11.5 Å². The molecule has 2 aliphatic rings. The van der Waals surface area contributed by atoms with E-state index in [1.165, 1.54) is 12.8 Å². The lowest BCUT2D eigenvalue weighted by molar-refractivity contribution is -0.130. The van der Waals surface area contributed by atoms with Gasteiger partial charge in [-0.1, -0.05) is 12.1 Å². The maximum Gasteiger partial charge on any atom is 0.265 e. The van der Waals surface area contributed by atoms with Crippen molar-refractivity contribution in [3.8, 4) is 11.5 Å². The summed E-state index contributed by atoms with van der Waals surface area (Å²) in [5.41, 5.74) is 1.70. The van der Waals surface area contributed by atoms with E-state index in [0.717, 1.165) is 30.4 Å². The van der Waals surface area contributed by atoms with Gasteiger partial charge in [-0.25, -0.2) is 9.97 Å². The smallest absolute Gasteiger partial charge is 0.265 e. The molecule has 1 fully saturated rings. The zero-order valence-corrected chi connectivity index (χ0v) is 14.8. The van der Waals surface area contributed by atoms with Gasteiger partial charge >= 0.3 is 0 Å². The number of benzene rings is 1. The number of aryl methyl sites for hydroxylation is 1. The predicted octanol–water partition coefficient (Wildman–Crippen LogP) is 1.84. The van der Waals surface area contributed by atoms with Crippen LogP contribution in [-0.4, -0.2) is 41.7 Å². The van der Waals surface area contributed by atoms with Gasteiger partial charge in [0.2, 0.25) is 12.1 Å². The number of aromatic nitrogens is 2. The van der Waals surface area contributed by atoms with Gasteiger partial charge in [0, 0.05) is 18.8 Å². The van der Waals surface area contributed by atoms with Crippen LogP contribution >= 0.6 is 0 Å². The van der Waals surface area contributed by atoms with E-state index in [0.29, 0.717) is 18.0 Å². The van der Waals surface area contributed by atoms with Crippen molar-refractivity contribution in [1.82, 2.24) is 15.3 Å². The van der Waals surface area contributed by atoms with Gasteiger partial charge in [0.25, 0.3) is 5.91 Å². The van der Waals surface area contributed by atoms with Crippen molar-refractivity contribution in [1.29, 1.82) is 0 Å². The molecule has 1 aromatic heterocycles. The van der Waals surface area contributed by atoms with Gasteiger partial charge in [0.05, 0.1) is 12.2 Å². The molecule has 1 N–H and O–H groups in total. The molecular weight excluding hydrogens is 332 g/mol. The molecule has 136 valence electrons. The molecule has 7 nitrogen and oxygen atoms in total. The third-order valence-electron chi connectivity index (χ3n) is 4.53. The highest BCUT2D eigenvalue weighted by molar-refractivity contribution is 5.81. The maximum absolute atomic E-state index is 12.4. The lowest BCUT2D eigenvalue weighted by Crippen LogP contribution is -2.43. The monoisotopic (exact) mass is 354 g/mol. The van der Waals surface area contributed by atoms with E-state index >= 15 is 0 Å². The number of carbonyl (C=O) groups is 1. The zero-order chi connectivity index (χ0) is 17.9. The molecule has 0 radical (unpaired) electrons. The molecule has 0 aliphatic carbocycles. The first-order chi connectivity index (χ1) is 12.7. The molecule has 0 saturated carbocycles. The van der Waals surface area contributed by atoms with E-state index < -0.39 is 6.10 Å². The average molecular weight is 354 g/mol. The van der Waals surface area contributed by atoms with Crippen molar-refractivity contribution in [2.24, 2.45) is 0 Å². The SMILES string of the molecule is Cc1cc(CNC(=O)C2COc3ccccc3O2)nc(N2CCCC2)n1. The largest absolute Gasteiger partial charge is 0.485 e. The normalized spacial score (nSPS) is 18.7. The van der Waals surface area contributed by atoms with Gasteiger partial charge in [0.1, 0.15) is 6.61 Å². The highest BCUT2D eigenvalue weighted by Gasteiger charge is 2.27. The molecule has 2 aliphatic heterocycles. The number of nitrogens with one attached hydrogen (secondary N) is 1. The van der Waals surface area contributed by atoms with Crippen LogP contribution in [-0.2, 0) is 11.3 Å². The Morgan fingerprint density at radius 3 is 2.81 bits per heavy atom. The lowest BCUT2D eigenvalue weighted by Gasteiger charge is -2.25. The zero-order valence-electron chi connectivity index (χ0n) is 14.8.